The maximum Gasteiger partial charge on any atom is 0.513 e. The molecule has 0 radical (unpaired) electrons. The second kappa shape index (κ2) is 16.2. The molecule has 15 nitrogen and oxygen atoms in total. The van der Waals surface area contributed by atoms with E-state index in [0.29, 0.717) is 47.1 Å². The van der Waals surface area contributed by atoms with Crippen LogP contribution < -0.4 is 14.4 Å². The zero-order valence-corrected chi connectivity index (χ0v) is 35.0. The Labute approximate surface area is 361 Å². The predicted octanol–water partition coefficient (Wildman–Crippen LogP) is 8.19. The molecule has 0 saturated carbocycles. The molecule has 4 atom stereocenters. The number of benzene rings is 3. The fraction of sp³-hybridized carbons (Fsp3) is 0.413. The number of ether oxygens (including phenoxy) is 4. The molecule has 63 heavy (non-hydrogen) atoms. The quantitative estimate of drug-likeness (QED) is 0.0459. The van der Waals surface area contributed by atoms with Crippen LogP contribution in [-0.4, -0.2) is 104 Å². The lowest BCUT2D eigenvalue weighted by molar-refractivity contribution is -0.384. The summed E-state index contributed by atoms with van der Waals surface area (Å²) in [5.41, 5.74) is -1.03. The highest BCUT2D eigenvalue weighted by molar-refractivity contribution is 6.02. The van der Waals surface area contributed by atoms with Crippen LogP contribution in [0.4, 0.5) is 29.9 Å². The summed E-state index contributed by atoms with van der Waals surface area (Å²) in [5, 5.41) is 12.3. The smallest absolute Gasteiger partial charge is 0.461 e. The Bertz CT molecular complexity index is 2670. The summed E-state index contributed by atoms with van der Waals surface area (Å²) in [6, 6.07) is 12.6. The van der Waals surface area contributed by atoms with E-state index in [0.717, 1.165) is 38.6 Å². The average Bonchev–Trinajstić information content (AvgIpc) is 3.91. The largest absolute Gasteiger partial charge is 0.513 e. The highest BCUT2D eigenvalue weighted by Crippen LogP contribution is 2.44. The number of terminal acetylenes is 1. The lowest BCUT2D eigenvalue weighted by Gasteiger charge is -2.42. The summed E-state index contributed by atoms with van der Waals surface area (Å²) in [4.78, 5) is 56.7. The highest BCUT2D eigenvalue weighted by Gasteiger charge is 2.50. The van der Waals surface area contributed by atoms with Crippen LogP contribution in [0.1, 0.15) is 64.9 Å². The van der Waals surface area contributed by atoms with E-state index in [2.05, 4.69) is 20.8 Å². The summed E-state index contributed by atoms with van der Waals surface area (Å²) in [6.07, 6.45) is 10.6. The number of amides is 1. The van der Waals surface area contributed by atoms with E-state index < -0.39 is 33.9 Å². The van der Waals surface area contributed by atoms with Crippen LogP contribution in [0.15, 0.2) is 60.8 Å². The standard InChI is InChI=1S/C46H45F2N7O8/c1-5-33-36(47)17-10-27-8-6-9-34(37(27)33)39-38(48)40-35(22-49-39)41(52-23-29-11-12-30(24-52)54(29)43(56)63-45(2,3)4)51-42(50-40)61-26-46-19-7-21-53(46)31(18-20-46)25-60-44(57)62-32-15-13-28(14-16-32)55(58)59/h1,6,8-10,13-17,22,29-31H,7,11-12,18-21,23-26H2,2-4H3/t29?,30?,31-,46-/m1/s1. The first-order valence-corrected chi connectivity index (χ1v) is 21.0. The van der Waals surface area contributed by atoms with Crippen LogP contribution in [0.3, 0.4) is 0 Å². The van der Waals surface area contributed by atoms with Gasteiger partial charge in [-0.15, -0.1) is 6.42 Å². The molecule has 4 aliphatic heterocycles. The molecule has 1 amide bonds. The molecule has 5 aromatic rings. The Kier molecular flexibility index (Phi) is 10.7. The molecule has 4 saturated heterocycles. The zero-order valence-electron chi connectivity index (χ0n) is 35.0. The fourth-order valence-electron chi connectivity index (χ4n) is 9.81. The maximum atomic E-state index is 17.3. The number of carbonyl (C=O) groups is 2. The molecule has 17 heteroatoms. The van der Waals surface area contributed by atoms with Crippen molar-refractivity contribution in [2.75, 3.05) is 37.7 Å². The van der Waals surface area contributed by atoms with E-state index in [9.17, 15) is 19.7 Å². The summed E-state index contributed by atoms with van der Waals surface area (Å²) in [7, 11) is 0. The van der Waals surface area contributed by atoms with Crippen molar-refractivity contribution in [3.8, 4) is 35.4 Å². The average molecular weight is 862 g/mol. The number of nitro groups is 1. The van der Waals surface area contributed by atoms with E-state index in [4.69, 9.17) is 30.4 Å². The third-order valence-corrected chi connectivity index (χ3v) is 12.6. The van der Waals surface area contributed by atoms with Gasteiger partial charge < -0.3 is 23.8 Å². The van der Waals surface area contributed by atoms with E-state index >= 15 is 8.78 Å². The number of nitrogens with zero attached hydrogens (tertiary/aromatic N) is 7. The first-order chi connectivity index (χ1) is 30.2. The molecule has 9 rings (SSSR count). The molecule has 6 heterocycles. The van der Waals surface area contributed by atoms with E-state index in [1.54, 1.807) is 24.3 Å². The maximum absolute atomic E-state index is 17.3. The molecule has 0 N–H and O–H groups in total. The van der Waals surface area contributed by atoms with Crippen molar-refractivity contribution in [1.29, 1.82) is 0 Å². The molecule has 3 aromatic carbocycles. The second-order valence-corrected chi connectivity index (χ2v) is 17.6. The number of non-ortho nitro benzene ring substituents is 1. The molecule has 4 aliphatic rings. The third kappa shape index (κ3) is 7.88. The SMILES string of the molecule is C#Cc1c(F)ccc2cccc(-c3ncc4c(N5CC6CCC(C5)N6C(=O)OC(C)(C)C)nc(OC[C@]56CCCN5[C@@H](COC(=O)Oc5ccc([N+](=O)[O-])cc5)CC6)nc4c3F)c12. The minimum absolute atomic E-state index is 0.00264. The van der Waals surface area contributed by atoms with Gasteiger partial charge in [0.05, 0.1) is 33.5 Å². The third-order valence-electron chi connectivity index (χ3n) is 12.6. The Morgan fingerprint density at radius 2 is 1.78 bits per heavy atom. The molecule has 2 aromatic heterocycles. The predicted molar refractivity (Wildman–Crippen MR) is 227 cm³/mol. The van der Waals surface area contributed by atoms with Crippen LogP contribution in [0.2, 0.25) is 0 Å². The monoisotopic (exact) mass is 861 g/mol. The summed E-state index contributed by atoms with van der Waals surface area (Å²) in [5.74, 6) is 1.60. The van der Waals surface area contributed by atoms with Gasteiger partial charge in [-0.1, -0.05) is 30.2 Å². The van der Waals surface area contributed by atoms with Gasteiger partial charge >= 0.3 is 18.3 Å². The Morgan fingerprint density at radius 3 is 2.49 bits per heavy atom. The van der Waals surface area contributed by atoms with Crippen molar-refractivity contribution in [2.24, 2.45) is 0 Å². The number of aromatic nitrogens is 3. The normalized spacial score (nSPS) is 21.9. The van der Waals surface area contributed by atoms with Gasteiger partial charge in [0.2, 0.25) is 0 Å². The Hall–Kier alpha value is -6.67. The van der Waals surface area contributed by atoms with Crippen molar-refractivity contribution >= 4 is 45.4 Å². The number of hydrogen-bond donors (Lipinski definition) is 0. The van der Waals surface area contributed by atoms with Gasteiger partial charge in [0.15, 0.2) is 5.82 Å². The molecule has 0 aliphatic carbocycles. The van der Waals surface area contributed by atoms with E-state index in [1.165, 1.54) is 36.5 Å². The first kappa shape index (κ1) is 41.7. The van der Waals surface area contributed by atoms with Crippen molar-refractivity contribution in [3.05, 3.63) is 88.1 Å². The minimum atomic E-state index is -0.922. The molecule has 0 spiro atoms. The summed E-state index contributed by atoms with van der Waals surface area (Å²) in [6.45, 7) is 7.29. The van der Waals surface area contributed by atoms with Gasteiger partial charge in [-0.2, -0.15) is 9.97 Å². The van der Waals surface area contributed by atoms with Gasteiger partial charge in [-0.3, -0.25) is 24.9 Å². The molecular formula is C46H45F2N7O8. The van der Waals surface area contributed by atoms with Crippen LogP contribution in [0.5, 0.6) is 11.8 Å². The van der Waals surface area contributed by atoms with Crippen molar-refractivity contribution < 1.29 is 42.2 Å². The molecule has 326 valence electrons. The number of pyridine rings is 1. The Morgan fingerprint density at radius 1 is 1.02 bits per heavy atom. The van der Waals surface area contributed by atoms with Gasteiger partial charge in [-0.05, 0) is 89.4 Å². The lowest BCUT2D eigenvalue weighted by Crippen LogP contribution is -2.57. The van der Waals surface area contributed by atoms with Crippen molar-refractivity contribution in [2.45, 2.75) is 88.6 Å². The summed E-state index contributed by atoms with van der Waals surface area (Å²) >= 11 is 0. The van der Waals surface area contributed by atoms with Crippen LogP contribution in [-0.2, 0) is 9.47 Å². The topological polar surface area (TPSA) is 163 Å². The number of halogens is 2. The molecule has 4 fully saturated rings. The Balaban J connectivity index is 1.01. The number of nitro benzene ring substituents is 1. The number of piperazine rings is 1. The number of fused-ring (bicyclic) bond motifs is 5. The summed E-state index contributed by atoms with van der Waals surface area (Å²) < 4.78 is 55.3. The highest BCUT2D eigenvalue weighted by atomic mass is 19.1. The fourth-order valence-corrected chi connectivity index (χ4v) is 9.81. The molecular weight excluding hydrogens is 817 g/mol. The zero-order chi connectivity index (χ0) is 44.2. The van der Waals surface area contributed by atoms with Gasteiger partial charge in [-0.25, -0.2) is 18.4 Å². The van der Waals surface area contributed by atoms with E-state index in [1.807, 2.05) is 30.6 Å². The van der Waals surface area contributed by atoms with Gasteiger partial charge in [0.25, 0.3) is 5.69 Å². The van der Waals surface area contributed by atoms with Crippen molar-refractivity contribution in [1.82, 2.24) is 24.8 Å². The number of hydrogen-bond acceptors (Lipinski definition) is 13. The number of anilines is 1. The van der Waals surface area contributed by atoms with E-state index in [-0.39, 0.29) is 71.7 Å². The van der Waals surface area contributed by atoms with Crippen LogP contribution in [0, 0.1) is 34.1 Å². The lowest BCUT2D eigenvalue weighted by atomic mass is 9.95. The minimum Gasteiger partial charge on any atom is -0.461 e. The molecule has 2 bridgehead atoms. The van der Waals surface area contributed by atoms with Gasteiger partial charge in [0, 0.05) is 48.4 Å². The van der Waals surface area contributed by atoms with Gasteiger partial charge in [0.1, 0.15) is 47.4 Å². The first-order valence-electron chi connectivity index (χ1n) is 21.0. The van der Waals surface area contributed by atoms with Crippen molar-refractivity contribution in [3.63, 3.8) is 0 Å². The number of rotatable bonds is 9. The van der Waals surface area contributed by atoms with Crippen LogP contribution >= 0.6 is 0 Å². The second-order valence-electron chi connectivity index (χ2n) is 17.6. The molecule has 2 unspecified atom stereocenters. The number of carbonyl (C=O) groups excluding carboxylic acids is 2. The van der Waals surface area contributed by atoms with Crippen LogP contribution in [0.25, 0.3) is 32.9 Å².